The number of benzene rings is 2. The van der Waals surface area contributed by atoms with E-state index in [-0.39, 0.29) is 5.91 Å². The maximum Gasteiger partial charge on any atom is 0.253 e. The molecule has 2 N–H and O–H groups in total. The Kier molecular flexibility index (Phi) is 5.88. The van der Waals surface area contributed by atoms with Crippen molar-refractivity contribution in [3.63, 3.8) is 0 Å². The number of nitrogens with zero attached hydrogens (tertiary/aromatic N) is 4. The highest BCUT2D eigenvalue weighted by Crippen LogP contribution is 2.31. The van der Waals surface area contributed by atoms with Gasteiger partial charge in [0.1, 0.15) is 5.82 Å². The van der Waals surface area contributed by atoms with Crippen molar-refractivity contribution in [2.24, 2.45) is 0 Å². The van der Waals surface area contributed by atoms with Crippen molar-refractivity contribution < 1.29 is 4.79 Å². The number of piperidine rings is 1. The van der Waals surface area contributed by atoms with E-state index in [0.29, 0.717) is 22.4 Å². The van der Waals surface area contributed by atoms with Crippen LogP contribution >= 0.6 is 11.6 Å². The summed E-state index contributed by atoms with van der Waals surface area (Å²) < 4.78 is 1.90. The largest absolute Gasteiger partial charge is 0.371 e. The minimum absolute atomic E-state index is 0.141. The topological polar surface area (TPSA) is 75.1 Å². The molecule has 0 spiro atoms. The summed E-state index contributed by atoms with van der Waals surface area (Å²) in [7, 11) is 1.63. The van der Waals surface area contributed by atoms with Gasteiger partial charge in [-0.3, -0.25) is 4.79 Å². The predicted octanol–water partition coefficient (Wildman–Crippen LogP) is 5.17. The number of amides is 1. The van der Waals surface area contributed by atoms with Gasteiger partial charge in [-0.05, 0) is 49.6 Å². The third-order valence-electron chi connectivity index (χ3n) is 5.99. The van der Waals surface area contributed by atoms with E-state index in [9.17, 15) is 4.79 Å². The van der Waals surface area contributed by atoms with Crippen LogP contribution in [0.25, 0.3) is 16.7 Å². The Morgan fingerprint density at radius 2 is 1.88 bits per heavy atom. The number of rotatable bonds is 5. The van der Waals surface area contributed by atoms with Crippen LogP contribution in [0.3, 0.4) is 0 Å². The average molecular weight is 461 g/mol. The maximum absolute atomic E-state index is 12.4. The number of aromatic nitrogens is 3. The molecule has 5 rings (SSSR count). The number of para-hydroxylation sites is 1. The number of anilines is 3. The van der Waals surface area contributed by atoms with Crippen LogP contribution in [0.1, 0.15) is 29.6 Å². The Balaban J connectivity index is 1.44. The second-order valence-electron chi connectivity index (χ2n) is 8.08. The highest BCUT2D eigenvalue weighted by atomic mass is 35.5. The van der Waals surface area contributed by atoms with E-state index in [4.69, 9.17) is 11.6 Å². The summed E-state index contributed by atoms with van der Waals surface area (Å²) in [5.74, 6) is 0.942. The van der Waals surface area contributed by atoms with Crippen molar-refractivity contribution in [2.75, 3.05) is 30.4 Å². The van der Waals surface area contributed by atoms with Crippen molar-refractivity contribution in [2.45, 2.75) is 19.3 Å². The van der Waals surface area contributed by atoms with Crippen LogP contribution in [-0.4, -0.2) is 40.6 Å². The summed E-state index contributed by atoms with van der Waals surface area (Å²) in [6, 6.07) is 15.6. The molecule has 33 heavy (non-hydrogen) atoms. The minimum Gasteiger partial charge on any atom is -0.371 e. The molecule has 1 aliphatic heterocycles. The highest BCUT2D eigenvalue weighted by molar-refractivity contribution is 6.33. The number of carbonyl (C=O) groups is 1. The van der Waals surface area contributed by atoms with Crippen LogP contribution < -0.4 is 15.5 Å². The lowest BCUT2D eigenvalue weighted by molar-refractivity contribution is 0.0964. The fraction of sp³-hybridized carbons (Fsp3) is 0.240. The summed E-state index contributed by atoms with van der Waals surface area (Å²) in [6.07, 6.45) is 7.21. The Hall–Kier alpha value is -3.58. The maximum atomic E-state index is 12.4. The lowest BCUT2D eigenvalue weighted by Gasteiger charge is -2.29. The van der Waals surface area contributed by atoms with Gasteiger partial charge in [0, 0.05) is 43.6 Å². The standard InChI is InChI=1S/C25H25ClN6O/c1-27-24(33)19-16-32(22-8-4-3-7-18(19)22)23-11-12-28-25(30-23)29-21-10-9-17(15-20(21)26)31-13-5-2-6-14-31/h3-4,7-12,15-16H,2,5-6,13-14H2,1H3,(H,27,33)(H,28,29,30). The number of nitrogens with one attached hydrogen (secondary N) is 2. The first-order valence-electron chi connectivity index (χ1n) is 11.1. The van der Waals surface area contributed by atoms with Crippen molar-refractivity contribution in [3.05, 3.63) is 71.5 Å². The first kappa shape index (κ1) is 21.3. The number of carbonyl (C=O) groups excluding carboxylic acids is 1. The molecule has 3 heterocycles. The molecule has 0 aliphatic carbocycles. The van der Waals surface area contributed by atoms with Gasteiger partial charge in [0.05, 0.1) is 21.8 Å². The molecule has 4 aromatic rings. The molecule has 0 saturated carbocycles. The van der Waals surface area contributed by atoms with Crippen molar-refractivity contribution in [3.8, 4) is 5.82 Å². The second kappa shape index (κ2) is 9.11. The molecule has 0 radical (unpaired) electrons. The molecular formula is C25H25ClN6O. The van der Waals surface area contributed by atoms with Crippen LogP contribution in [0, 0.1) is 0 Å². The average Bonchev–Trinajstić information content (AvgIpc) is 3.25. The zero-order valence-electron chi connectivity index (χ0n) is 18.4. The molecule has 168 valence electrons. The molecule has 2 aromatic heterocycles. The third-order valence-corrected chi connectivity index (χ3v) is 6.30. The van der Waals surface area contributed by atoms with Crippen LogP contribution in [-0.2, 0) is 0 Å². The number of halogens is 1. The Morgan fingerprint density at radius 3 is 2.67 bits per heavy atom. The molecule has 2 aromatic carbocycles. The van der Waals surface area contributed by atoms with Crippen LogP contribution in [0.2, 0.25) is 5.02 Å². The molecule has 1 aliphatic rings. The molecule has 1 fully saturated rings. The Bertz CT molecular complexity index is 1310. The first-order chi connectivity index (χ1) is 16.1. The van der Waals surface area contributed by atoms with Gasteiger partial charge in [0.15, 0.2) is 0 Å². The molecular weight excluding hydrogens is 436 g/mol. The van der Waals surface area contributed by atoms with Gasteiger partial charge in [0.25, 0.3) is 5.91 Å². The van der Waals surface area contributed by atoms with Crippen molar-refractivity contribution >= 4 is 45.7 Å². The normalized spacial score (nSPS) is 13.8. The molecule has 7 nitrogen and oxygen atoms in total. The summed E-state index contributed by atoms with van der Waals surface area (Å²) in [5.41, 5.74) is 3.38. The van der Waals surface area contributed by atoms with Gasteiger partial charge in [0.2, 0.25) is 5.95 Å². The number of hydrogen-bond acceptors (Lipinski definition) is 5. The number of hydrogen-bond donors (Lipinski definition) is 2. The van der Waals surface area contributed by atoms with Crippen LogP contribution in [0.5, 0.6) is 0 Å². The van der Waals surface area contributed by atoms with Gasteiger partial charge in [-0.15, -0.1) is 0 Å². The number of fused-ring (bicyclic) bond motifs is 1. The van der Waals surface area contributed by atoms with E-state index in [0.717, 1.165) is 35.4 Å². The van der Waals surface area contributed by atoms with Gasteiger partial charge in [-0.1, -0.05) is 29.8 Å². The molecule has 0 bridgehead atoms. The van der Waals surface area contributed by atoms with Gasteiger partial charge in [-0.25, -0.2) is 4.98 Å². The van der Waals surface area contributed by atoms with E-state index in [1.807, 2.05) is 47.0 Å². The second-order valence-corrected chi connectivity index (χ2v) is 8.49. The lowest BCUT2D eigenvalue weighted by Crippen LogP contribution is -2.29. The van der Waals surface area contributed by atoms with E-state index >= 15 is 0 Å². The van der Waals surface area contributed by atoms with E-state index in [1.54, 1.807) is 19.4 Å². The lowest BCUT2D eigenvalue weighted by atomic mass is 10.1. The van der Waals surface area contributed by atoms with E-state index in [1.165, 1.54) is 19.3 Å². The fourth-order valence-electron chi connectivity index (χ4n) is 4.30. The summed E-state index contributed by atoms with van der Waals surface area (Å²) in [4.78, 5) is 23.8. The molecule has 0 unspecified atom stereocenters. The van der Waals surface area contributed by atoms with E-state index < -0.39 is 0 Å². The third kappa shape index (κ3) is 4.24. The summed E-state index contributed by atoms with van der Waals surface area (Å²) in [5, 5.41) is 7.42. The van der Waals surface area contributed by atoms with E-state index in [2.05, 4.69) is 31.6 Å². The Morgan fingerprint density at radius 1 is 1.06 bits per heavy atom. The fourth-order valence-corrected chi connectivity index (χ4v) is 4.53. The first-order valence-corrected chi connectivity index (χ1v) is 11.5. The quantitative estimate of drug-likeness (QED) is 0.430. The van der Waals surface area contributed by atoms with Crippen LogP contribution in [0.4, 0.5) is 17.3 Å². The smallest absolute Gasteiger partial charge is 0.253 e. The van der Waals surface area contributed by atoms with Gasteiger partial charge < -0.3 is 20.1 Å². The van der Waals surface area contributed by atoms with Gasteiger partial charge >= 0.3 is 0 Å². The van der Waals surface area contributed by atoms with Crippen molar-refractivity contribution in [1.29, 1.82) is 0 Å². The van der Waals surface area contributed by atoms with Crippen LogP contribution in [0.15, 0.2) is 60.9 Å². The minimum atomic E-state index is -0.141. The monoisotopic (exact) mass is 460 g/mol. The summed E-state index contributed by atoms with van der Waals surface area (Å²) >= 11 is 6.59. The molecule has 1 saturated heterocycles. The van der Waals surface area contributed by atoms with Crippen molar-refractivity contribution in [1.82, 2.24) is 19.9 Å². The molecule has 1 amide bonds. The zero-order chi connectivity index (χ0) is 22.8. The molecule has 8 heteroatoms. The summed E-state index contributed by atoms with van der Waals surface area (Å²) in [6.45, 7) is 2.13. The predicted molar refractivity (Wildman–Crippen MR) is 133 cm³/mol. The Labute approximate surface area is 197 Å². The molecule has 0 atom stereocenters. The highest BCUT2D eigenvalue weighted by Gasteiger charge is 2.16. The SMILES string of the molecule is CNC(=O)c1cn(-c2ccnc(Nc3ccc(N4CCCCC4)cc3Cl)n2)c2ccccc12. The van der Waals surface area contributed by atoms with Gasteiger partial charge in [-0.2, -0.15) is 4.98 Å². The zero-order valence-corrected chi connectivity index (χ0v) is 19.1.